The van der Waals surface area contributed by atoms with Gasteiger partial charge in [-0.2, -0.15) is 0 Å². The van der Waals surface area contributed by atoms with E-state index in [9.17, 15) is 9.18 Å². The summed E-state index contributed by atoms with van der Waals surface area (Å²) < 4.78 is 16.4. The number of hydrogen-bond donors (Lipinski definition) is 4. The molecule has 3 aromatic rings. The summed E-state index contributed by atoms with van der Waals surface area (Å²) in [5.74, 6) is 4.60. The topological polar surface area (TPSA) is 136 Å². The normalized spacial score (nSPS) is 13.2. The number of rotatable bonds is 6. The molecule has 1 aliphatic rings. The molecule has 0 spiro atoms. The summed E-state index contributed by atoms with van der Waals surface area (Å²) in [6.07, 6.45) is 5.89. The van der Waals surface area contributed by atoms with Crippen molar-refractivity contribution in [3.8, 4) is 5.69 Å². The predicted molar refractivity (Wildman–Crippen MR) is 124 cm³/mol. The van der Waals surface area contributed by atoms with Gasteiger partial charge in [-0.1, -0.05) is 19.9 Å². The molecule has 1 aliphatic carbocycles. The molecule has 1 aromatic carbocycles. The fourth-order valence-corrected chi connectivity index (χ4v) is 3.13. The molecule has 10 heteroatoms. The fraction of sp³-hybridized carbons (Fsp3) is 0.273. The summed E-state index contributed by atoms with van der Waals surface area (Å²) in [7, 11) is 0. The average Bonchev–Trinajstić information content (AvgIpc) is 3.53. The quantitative estimate of drug-likeness (QED) is 0.201. The van der Waals surface area contributed by atoms with Gasteiger partial charge in [0, 0.05) is 13.5 Å². The van der Waals surface area contributed by atoms with Crippen molar-refractivity contribution in [2.24, 2.45) is 16.7 Å². The number of imidazole rings is 1. The number of amidine groups is 1. The maximum Gasteiger partial charge on any atom is 0.259 e. The van der Waals surface area contributed by atoms with E-state index >= 15 is 0 Å². The number of hydrazine groups is 1. The third-order valence-electron chi connectivity index (χ3n) is 4.84. The van der Waals surface area contributed by atoms with Crippen molar-refractivity contribution in [2.45, 2.75) is 39.5 Å². The first-order chi connectivity index (χ1) is 15.5. The Balaban J connectivity index is 0.00000125. The van der Waals surface area contributed by atoms with Crippen LogP contribution in [0.5, 0.6) is 0 Å². The number of benzene rings is 1. The second-order valence-corrected chi connectivity index (χ2v) is 7.09. The summed E-state index contributed by atoms with van der Waals surface area (Å²) in [5, 5.41) is 6.23. The van der Waals surface area contributed by atoms with E-state index in [1.54, 1.807) is 31.5 Å². The van der Waals surface area contributed by atoms with E-state index in [1.807, 2.05) is 24.6 Å². The zero-order valence-corrected chi connectivity index (χ0v) is 18.3. The average molecular weight is 441 g/mol. The SMILES string of the molecule is CC.Cc1cc(F)c(C(=O)Nc2cccc(/C(N)=N/NN)n2)cc1-n1cnc(C2CC2)c1.[HH]. The number of aryl methyl sites for hydroxylation is 1. The van der Waals surface area contributed by atoms with Gasteiger partial charge in [0.25, 0.3) is 5.91 Å². The van der Waals surface area contributed by atoms with E-state index in [0.717, 1.165) is 18.5 Å². The smallest absolute Gasteiger partial charge is 0.259 e. The van der Waals surface area contributed by atoms with Gasteiger partial charge in [-0.15, -0.1) is 5.10 Å². The second-order valence-electron chi connectivity index (χ2n) is 7.09. The minimum Gasteiger partial charge on any atom is -0.380 e. The monoisotopic (exact) mass is 440 g/mol. The van der Waals surface area contributed by atoms with Gasteiger partial charge in [0.1, 0.15) is 17.3 Å². The molecule has 1 fully saturated rings. The number of nitrogens with one attached hydrogen (secondary N) is 2. The molecule has 0 bridgehead atoms. The number of carbonyl (C=O) groups excluding carboxylic acids is 1. The number of anilines is 1. The van der Waals surface area contributed by atoms with Gasteiger partial charge in [-0.3, -0.25) is 4.79 Å². The van der Waals surface area contributed by atoms with E-state index < -0.39 is 11.7 Å². The first kappa shape index (κ1) is 22.9. The molecule has 2 heterocycles. The Labute approximate surface area is 187 Å². The van der Waals surface area contributed by atoms with Crippen LogP contribution >= 0.6 is 0 Å². The Morgan fingerprint density at radius 2 is 2.06 bits per heavy atom. The summed E-state index contributed by atoms with van der Waals surface area (Å²) in [5.41, 5.74) is 10.4. The molecule has 1 saturated carbocycles. The third-order valence-corrected chi connectivity index (χ3v) is 4.84. The molecular formula is C22H29FN8O. The third kappa shape index (κ3) is 5.09. The summed E-state index contributed by atoms with van der Waals surface area (Å²) in [6, 6.07) is 7.65. The molecule has 0 aliphatic heterocycles. The van der Waals surface area contributed by atoms with Gasteiger partial charge < -0.3 is 15.6 Å². The van der Waals surface area contributed by atoms with Crippen molar-refractivity contribution < 1.29 is 10.6 Å². The molecule has 4 rings (SSSR count). The lowest BCUT2D eigenvalue weighted by Gasteiger charge is -2.12. The van der Waals surface area contributed by atoms with Crippen LogP contribution in [0.1, 0.15) is 61.3 Å². The maximum atomic E-state index is 14.6. The number of amides is 1. The van der Waals surface area contributed by atoms with Crippen molar-refractivity contribution in [3.63, 3.8) is 0 Å². The van der Waals surface area contributed by atoms with Gasteiger partial charge in [0.2, 0.25) is 0 Å². The van der Waals surface area contributed by atoms with Crippen LogP contribution in [0.25, 0.3) is 5.69 Å². The van der Waals surface area contributed by atoms with Crippen molar-refractivity contribution in [1.82, 2.24) is 20.1 Å². The Bertz CT molecular complexity index is 1140. The van der Waals surface area contributed by atoms with Crippen molar-refractivity contribution in [3.05, 3.63) is 71.2 Å². The molecule has 0 saturated heterocycles. The van der Waals surface area contributed by atoms with Crippen LogP contribution in [0.2, 0.25) is 0 Å². The van der Waals surface area contributed by atoms with Crippen LogP contribution in [-0.2, 0) is 0 Å². The highest BCUT2D eigenvalue weighted by Gasteiger charge is 2.26. The molecule has 32 heavy (non-hydrogen) atoms. The first-order valence-corrected chi connectivity index (χ1v) is 10.4. The van der Waals surface area contributed by atoms with Crippen LogP contribution in [0.3, 0.4) is 0 Å². The van der Waals surface area contributed by atoms with Crippen LogP contribution in [0.15, 0.2) is 48.0 Å². The number of carbonyl (C=O) groups is 1. The molecular weight excluding hydrogens is 411 g/mol. The zero-order valence-electron chi connectivity index (χ0n) is 18.3. The number of hydrazone groups is 1. The van der Waals surface area contributed by atoms with Gasteiger partial charge >= 0.3 is 0 Å². The second kappa shape index (κ2) is 10.0. The highest BCUT2D eigenvalue weighted by molar-refractivity contribution is 6.05. The Morgan fingerprint density at radius 3 is 2.75 bits per heavy atom. The van der Waals surface area contributed by atoms with E-state index in [0.29, 0.717) is 22.9 Å². The van der Waals surface area contributed by atoms with Crippen LogP contribution in [-0.4, -0.2) is 26.3 Å². The Morgan fingerprint density at radius 1 is 1.31 bits per heavy atom. The van der Waals surface area contributed by atoms with E-state index in [-0.39, 0.29) is 18.6 Å². The lowest BCUT2D eigenvalue weighted by molar-refractivity contribution is 0.102. The molecule has 0 atom stereocenters. The van der Waals surface area contributed by atoms with Crippen molar-refractivity contribution in [1.29, 1.82) is 0 Å². The predicted octanol–water partition coefficient (Wildman–Crippen LogP) is 3.20. The highest BCUT2D eigenvalue weighted by Crippen LogP contribution is 2.39. The van der Waals surface area contributed by atoms with Crippen molar-refractivity contribution in [2.75, 3.05) is 5.32 Å². The maximum absolute atomic E-state index is 14.6. The van der Waals surface area contributed by atoms with E-state index in [2.05, 4.69) is 25.9 Å². The highest BCUT2D eigenvalue weighted by atomic mass is 19.1. The number of nitrogens with zero attached hydrogens (tertiary/aromatic N) is 4. The van der Waals surface area contributed by atoms with Crippen LogP contribution in [0, 0.1) is 12.7 Å². The number of aromatic nitrogens is 3. The van der Waals surface area contributed by atoms with Gasteiger partial charge in [-0.05, 0) is 49.6 Å². The van der Waals surface area contributed by atoms with Gasteiger partial charge in [-0.25, -0.2) is 25.7 Å². The molecule has 170 valence electrons. The molecule has 1 amide bonds. The van der Waals surface area contributed by atoms with Crippen LogP contribution < -0.4 is 22.4 Å². The minimum atomic E-state index is -0.631. The standard InChI is InChI=1S/C20H21FN8O.C2H6.H2/c1-11-7-14(21)13(8-17(11)29-9-16(24-10-29)12-5-6-12)20(30)26-18-4-2-3-15(25-18)19(22)27-28-23;1-2;/h2-4,7-10,12,28H,5-6,23H2,1H3,(H2,22,27)(H,25,26,30);1-2H3;1H. The van der Waals surface area contributed by atoms with Gasteiger partial charge in [0.15, 0.2) is 5.84 Å². The molecule has 0 unspecified atom stereocenters. The molecule has 2 aromatic heterocycles. The lowest BCUT2D eigenvalue weighted by atomic mass is 10.1. The number of nitrogens with two attached hydrogens (primary N) is 2. The number of halogens is 1. The fourth-order valence-electron chi connectivity index (χ4n) is 3.13. The first-order valence-electron chi connectivity index (χ1n) is 10.4. The summed E-state index contributed by atoms with van der Waals surface area (Å²) in [6.45, 7) is 5.79. The summed E-state index contributed by atoms with van der Waals surface area (Å²) in [4.78, 5) is 21.4. The summed E-state index contributed by atoms with van der Waals surface area (Å²) >= 11 is 0. The zero-order chi connectivity index (χ0) is 23.3. The molecule has 6 N–H and O–H groups in total. The number of pyridine rings is 1. The number of hydrogen-bond acceptors (Lipinski definition) is 6. The van der Waals surface area contributed by atoms with Crippen LogP contribution in [0.4, 0.5) is 10.2 Å². The molecule has 0 radical (unpaired) electrons. The Kier molecular flexibility index (Phi) is 7.16. The van der Waals surface area contributed by atoms with Gasteiger partial charge in [0.05, 0.1) is 23.3 Å². The minimum absolute atomic E-state index is 0. The largest absolute Gasteiger partial charge is 0.380 e. The molecule has 9 nitrogen and oxygen atoms in total. The van der Waals surface area contributed by atoms with E-state index in [1.165, 1.54) is 12.1 Å². The lowest BCUT2D eigenvalue weighted by Crippen LogP contribution is -2.24. The van der Waals surface area contributed by atoms with Crippen molar-refractivity contribution >= 4 is 17.6 Å². The Hall–Kier alpha value is -3.79. The van der Waals surface area contributed by atoms with E-state index in [4.69, 9.17) is 11.6 Å².